The van der Waals surface area contributed by atoms with E-state index in [1.54, 1.807) is 12.1 Å². The first-order chi connectivity index (χ1) is 2.41. The van der Waals surface area contributed by atoms with E-state index in [1.807, 2.05) is 0 Å². The van der Waals surface area contributed by atoms with Crippen molar-refractivity contribution in [3.63, 3.8) is 0 Å². The van der Waals surface area contributed by atoms with Gasteiger partial charge in [-0.25, -0.2) is 0 Å². The first-order valence-electron chi connectivity index (χ1n) is 1.15. The maximum atomic E-state index is 7.59. The van der Waals surface area contributed by atoms with Crippen LogP contribution in [-0.2, 0) is 0 Å². The van der Waals surface area contributed by atoms with Gasteiger partial charge < -0.3 is 0 Å². The van der Waals surface area contributed by atoms with Crippen molar-refractivity contribution in [1.29, 1.82) is 10.5 Å². The summed E-state index contributed by atoms with van der Waals surface area (Å²) in [6.45, 7) is 0. The van der Waals surface area contributed by atoms with Crippen LogP contribution in [0.25, 0.3) is 0 Å². The smallest absolute Gasteiger partial charge is 0.122 e. The summed E-state index contributed by atoms with van der Waals surface area (Å²) < 4.78 is 0. The standard InChI is InChI=1S/C3H2N2.K/c4-2-1-3-5;/h1H2;. The van der Waals surface area contributed by atoms with E-state index in [2.05, 4.69) is 0 Å². The zero-order valence-electron chi connectivity index (χ0n) is 3.60. The van der Waals surface area contributed by atoms with Crippen LogP contribution in [0.15, 0.2) is 0 Å². The van der Waals surface area contributed by atoms with Gasteiger partial charge in [-0.1, -0.05) is 0 Å². The summed E-state index contributed by atoms with van der Waals surface area (Å²) in [6.07, 6.45) is 0. The summed E-state index contributed by atoms with van der Waals surface area (Å²) in [5.41, 5.74) is 0. The molecule has 0 saturated carbocycles. The van der Waals surface area contributed by atoms with Gasteiger partial charge in [0, 0.05) is 51.4 Å². The molecule has 3 heteroatoms. The quantitative estimate of drug-likeness (QED) is 0.408. The van der Waals surface area contributed by atoms with E-state index in [1.165, 1.54) is 0 Å². The van der Waals surface area contributed by atoms with Gasteiger partial charge in [0.15, 0.2) is 0 Å². The summed E-state index contributed by atoms with van der Waals surface area (Å²) in [4.78, 5) is 0. The molecule has 1 radical (unpaired) electrons. The molecule has 0 aromatic heterocycles. The second-order valence-electron chi connectivity index (χ2n) is 0.493. The summed E-state index contributed by atoms with van der Waals surface area (Å²) in [5.74, 6) is 0. The van der Waals surface area contributed by atoms with E-state index in [0.29, 0.717) is 0 Å². The Morgan fingerprint density at radius 3 is 1.50 bits per heavy atom. The van der Waals surface area contributed by atoms with Crippen LogP contribution >= 0.6 is 0 Å². The molecule has 0 spiro atoms. The van der Waals surface area contributed by atoms with Gasteiger partial charge in [-0.3, -0.25) is 0 Å². The average molecular weight is 105 g/mol. The van der Waals surface area contributed by atoms with Gasteiger partial charge in [-0.2, -0.15) is 10.5 Å². The summed E-state index contributed by atoms with van der Waals surface area (Å²) in [5, 5.41) is 15.2. The van der Waals surface area contributed by atoms with Crippen LogP contribution in [0.5, 0.6) is 0 Å². The molecule has 0 saturated heterocycles. The molecule has 0 bridgehead atoms. The summed E-state index contributed by atoms with van der Waals surface area (Å²) in [7, 11) is 0. The van der Waals surface area contributed by atoms with Crippen molar-refractivity contribution in [2.45, 2.75) is 6.42 Å². The van der Waals surface area contributed by atoms with E-state index >= 15 is 0 Å². The van der Waals surface area contributed by atoms with Gasteiger partial charge in [-0.15, -0.1) is 0 Å². The molecule has 0 amide bonds. The first kappa shape index (κ1) is 9.79. The van der Waals surface area contributed by atoms with Gasteiger partial charge >= 0.3 is 0 Å². The Hall–Kier alpha value is 0.616. The molecule has 0 aliphatic heterocycles. The van der Waals surface area contributed by atoms with Gasteiger partial charge in [-0.05, 0) is 0 Å². The fraction of sp³-hybridized carbons (Fsp3) is 0.333. The third kappa shape index (κ3) is 8.82. The Balaban J connectivity index is 0. The molecule has 25 valence electrons. The number of hydrogen-bond acceptors (Lipinski definition) is 2. The molecule has 0 atom stereocenters. The van der Waals surface area contributed by atoms with Crippen LogP contribution < -0.4 is 0 Å². The van der Waals surface area contributed by atoms with E-state index < -0.39 is 0 Å². The third-order valence-corrected chi connectivity index (χ3v) is 0.158. The molecule has 0 fully saturated rings. The van der Waals surface area contributed by atoms with Gasteiger partial charge in [0.25, 0.3) is 0 Å². The van der Waals surface area contributed by atoms with Crippen molar-refractivity contribution in [2.75, 3.05) is 0 Å². The van der Waals surface area contributed by atoms with Crippen molar-refractivity contribution in [3.05, 3.63) is 0 Å². The topological polar surface area (TPSA) is 47.6 Å². The van der Waals surface area contributed by atoms with Crippen LogP contribution in [0.1, 0.15) is 6.42 Å². The third-order valence-electron chi connectivity index (χ3n) is 0.158. The normalized spacial score (nSPS) is 3.67. The minimum absolute atomic E-state index is 0. The Morgan fingerprint density at radius 1 is 1.17 bits per heavy atom. The minimum atomic E-state index is 0. The molecule has 2 nitrogen and oxygen atoms in total. The number of hydrogen-bond donors (Lipinski definition) is 0. The van der Waals surface area contributed by atoms with Gasteiger partial charge in [0.2, 0.25) is 0 Å². The summed E-state index contributed by atoms with van der Waals surface area (Å²) >= 11 is 0. The fourth-order valence-electron chi connectivity index (χ4n) is 0.0354. The van der Waals surface area contributed by atoms with Crippen molar-refractivity contribution < 1.29 is 0 Å². The Bertz CT molecular complexity index is 73.9. The molecule has 0 N–H and O–H groups in total. The van der Waals surface area contributed by atoms with E-state index in [0.717, 1.165) is 0 Å². The van der Waals surface area contributed by atoms with Crippen molar-refractivity contribution >= 4 is 51.4 Å². The van der Waals surface area contributed by atoms with Crippen LogP contribution in [0.2, 0.25) is 0 Å². The van der Waals surface area contributed by atoms with Crippen LogP contribution in [-0.4, -0.2) is 51.4 Å². The van der Waals surface area contributed by atoms with Crippen molar-refractivity contribution in [3.8, 4) is 12.1 Å². The molecule has 6 heavy (non-hydrogen) atoms. The predicted octanol–water partition coefficient (Wildman–Crippen LogP) is 0.0429. The number of rotatable bonds is 0. The molecule has 0 rings (SSSR count). The van der Waals surface area contributed by atoms with Crippen LogP contribution in [0.4, 0.5) is 0 Å². The summed E-state index contributed by atoms with van der Waals surface area (Å²) in [6, 6.07) is 3.31. The molecule has 0 aromatic rings. The van der Waals surface area contributed by atoms with E-state index in [9.17, 15) is 0 Å². The zero-order valence-corrected chi connectivity index (χ0v) is 6.72. The minimum Gasteiger partial charge on any atom is -0.197 e. The SMILES string of the molecule is N#CCC#N.[K]. The maximum absolute atomic E-state index is 7.59. The second-order valence-corrected chi connectivity index (χ2v) is 0.493. The largest absolute Gasteiger partial charge is 0.197 e. The molecule has 0 aromatic carbocycles. The van der Waals surface area contributed by atoms with Crippen LogP contribution in [0.3, 0.4) is 0 Å². The first-order valence-corrected chi connectivity index (χ1v) is 1.15. The van der Waals surface area contributed by atoms with Gasteiger partial charge in [0.05, 0.1) is 12.1 Å². The second kappa shape index (κ2) is 9.15. The van der Waals surface area contributed by atoms with Crippen molar-refractivity contribution in [2.24, 2.45) is 0 Å². The monoisotopic (exact) mass is 105 g/mol. The van der Waals surface area contributed by atoms with E-state index in [-0.39, 0.29) is 57.8 Å². The Morgan fingerprint density at radius 2 is 1.50 bits per heavy atom. The maximum Gasteiger partial charge on any atom is 0.122 e. The van der Waals surface area contributed by atoms with Crippen molar-refractivity contribution in [1.82, 2.24) is 0 Å². The molecular formula is C3H2KN2. The molecular weight excluding hydrogens is 103 g/mol. The Kier molecular flexibility index (Phi) is 14.9. The predicted molar refractivity (Wildman–Crippen MR) is 21.6 cm³/mol. The molecule has 0 aliphatic carbocycles. The molecule has 0 heterocycles. The van der Waals surface area contributed by atoms with Crippen LogP contribution in [0, 0.1) is 22.7 Å². The average Bonchev–Trinajstić information content (AvgIpc) is 1.41. The zero-order chi connectivity index (χ0) is 4.12. The molecule has 0 unspecified atom stereocenters. The van der Waals surface area contributed by atoms with E-state index in [4.69, 9.17) is 10.5 Å². The number of nitrogens with zero attached hydrogens (tertiary/aromatic N) is 2. The van der Waals surface area contributed by atoms with Gasteiger partial charge in [0.1, 0.15) is 6.42 Å². The Labute approximate surface area is 79.2 Å². The fourth-order valence-corrected chi connectivity index (χ4v) is 0.0354. The molecule has 0 aliphatic rings. The number of nitriles is 2.